The third-order valence-corrected chi connectivity index (χ3v) is 3.76. The van der Waals surface area contributed by atoms with Crippen molar-refractivity contribution in [1.29, 1.82) is 0 Å². The zero-order valence-corrected chi connectivity index (χ0v) is 13.9. The van der Waals surface area contributed by atoms with E-state index in [0.29, 0.717) is 11.0 Å². The van der Waals surface area contributed by atoms with Gasteiger partial charge < -0.3 is 9.64 Å². The number of carbonyl (C=O) groups excluding carboxylic acids is 2. The number of benzene rings is 2. The van der Waals surface area contributed by atoms with E-state index in [9.17, 15) is 9.59 Å². The van der Waals surface area contributed by atoms with Gasteiger partial charge in [-0.05, 0) is 31.2 Å². The molecule has 3 rings (SSSR count). The predicted octanol–water partition coefficient (Wildman–Crippen LogP) is 2.84. The monoisotopic (exact) mass is 335 g/mol. The molecule has 0 aliphatic heterocycles. The van der Waals surface area contributed by atoms with Crippen molar-refractivity contribution in [2.75, 3.05) is 11.9 Å². The highest BCUT2D eigenvalue weighted by molar-refractivity contribution is 5.98. The average Bonchev–Trinajstić information content (AvgIpc) is 2.67. The molecule has 126 valence electrons. The molecule has 0 unspecified atom stereocenters. The molecule has 0 saturated heterocycles. The Morgan fingerprint density at radius 3 is 2.36 bits per heavy atom. The molecule has 0 N–H and O–H groups in total. The summed E-state index contributed by atoms with van der Waals surface area (Å²) in [5, 5.41) is 0. The summed E-state index contributed by atoms with van der Waals surface area (Å²) >= 11 is 0. The number of fused-ring (bicyclic) bond motifs is 1. The molecular formula is C19H17N3O3. The lowest BCUT2D eigenvalue weighted by Crippen LogP contribution is -2.37. The molecule has 0 saturated carbocycles. The average molecular weight is 335 g/mol. The first-order chi connectivity index (χ1) is 12.1. The third kappa shape index (κ3) is 3.63. The van der Waals surface area contributed by atoms with Gasteiger partial charge in [-0.15, -0.1) is 0 Å². The number of hydrogen-bond donors (Lipinski definition) is 0. The van der Waals surface area contributed by atoms with Gasteiger partial charge in [-0.25, -0.2) is 9.78 Å². The molecule has 0 radical (unpaired) electrons. The molecule has 6 nitrogen and oxygen atoms in total. The molecule has 1 amide bonds. The second kappa shape index (κ2) is 7.09. The van der Waals surface area contributed by atoms with Crippen molar-refractivity contribution >= 4 is 28.6 Å². The Hall–Kier alpha value is -3.28. The van der Waals surface area contributed by atoms with Crippen molar-refractivity contribution < 1.29 is 14.3 Å². The molecule has 6 heteroatoms. The summed E-state index contributed by atoms with van der Waals surface area (Å²) in [5.41, 5.74) is 2.07. The molecule has 1 heterocycles. The summed E-state index contributed by atoms with van der Waals surface area (Å²) in [5.74, 6) is -1.01. The van der Waals surface area contributed by atoms with Crippen LogP contribution < -0.4 is 4.90 Å². The fourth-order valence-corrected chi connectivity index (χ4v) is 2.38. The number of aromatic nitrogens is 2. The highest BCUT2D eigenvalue weighted by Crippen LogP contribution is 2.14. The Bertz CT molecular complexity index is 912. The summed E-state index contributed by atoms with van der Waals surface area (Å²) in [6.07, 6.45) is 0.411. The van der Waals surface area contributed by atoms with Gasteiger partial charge in [0.05, 0.1) is 17.2 Å². The van der Waals surface area contributed by atoms with Crippen LogP contribution in [0.5, 0.6) is 0 Å². The molecule has 2 aromatic carbocycles. The third-order valence-electron chi connectivity index (χ3n) is 3.76. The summed E-state index contributed by atoms with van der Waals surface area (Å²) in [4.78, 5) is 34.6. The molecule has 0 spiro atoms. The van der Waals surface area contributed by atoms with Crippen LogP contribution in [-0.4, -0.2) is 35.0 Å². The van der Waals surface area contributed by atoms with Crippen LogP contribution in [0.1, 0.15) is 17.4 Å². The number of likely N-dealkylation sites (N-methyl/N-ethyl adjacent to an activating group) is 1. The zero-order chi connectivity index (χ0) is 17.8. The number of rotatable bonds is 4. The first kappa shape index (κ1) is 16.6. The maximum Gasteiger partial charge on any atom is 0.359 e. The number of nitrogens with zero attached hydrogens (tertiary/aromatic N) is 3. The Labute approximate surface area is 145 Å². The highest BCUT2D eigenvalue weighted by atomic mass is 16.5. The van der Waals surface area contributed by atoms with Crippen molar-refractivity contribution in [1.82, 2.24) is 9.97 Å². The van der Waals surface area contributed by atoms with E-state index in [1.807, 2.05) is 30.3 Å². The maximum atomic E-state index is 12.4. The smallest absolute Gasteiger partial charge is 0.359 e. The Morgan fingerprint density at radius 1 is 1.00 bits per heavy atom. The number of anilines is 1. The maximum absolute atomic E-state index is 12.4. The van der Waals surface area contributed by atoms with Gasteiger partial charge in [0.1, 0.15) is 0 Å². The predicted molar refractivity (Wildman–Crippen MR) is 94.3 cm³/mol. The molecule has 3 aromatic rings. The molecule has 1 atom stereocenters. The first-order valence-corrected chi connectivity index (χ1v) is 7.81. The van der Waals surface area contributed by atoms with E-state index in [2.05, 4.69) is 9.97 Å². The van der Waals surface area contributed by atoms with Crippen LogP contribution in [0, 0.1) is 0 Å². The van der Waals surface area contributed by atoms with Gasteiger partial charge in [0.15, 0.2) is 11.8 Å². The van der Waals surface area contributed by atoms with Gasteiger partial charge in [0.2, 0.25) is 0 Å². The van der Waals surface area contributed by atoms with Crippen LogP contribution in [-0.2, 0) is 9.53 Å². The lowest BCUT2D eigenvalue weighted by Gasteiger charge is -2.21. The van der Waals surface area contributed by atoms with E-state index in [1.165, 1.54) is 18.0 Å². The molecule has 0 bridgehead atoms. The second-order valence-corrected chi connectivity index (χ2v) is 5.52. The molecule has 0 aliphatic rings. The number of hydrogen-bond acceptors (Lipinski definition) is 5. The number of carbonyl (C=O) groups is 2. The summed E-state index contributed by atoms with van der Waals surface area (Å²) in [7, 11) is 1.64. The van der Waals surface area contributed by atoms with Crippen molar-refractivity contribution in [3.63, 3.8) is 0 Å². The van der Waals surface area contributed by atoms with E-state index in [0.717, 1.165) is 5.69 Å². The lowest BCUT2D eigenvalue weighted by atomic mass is 10.2. The number of ether oxygens (including phenoxy) is 1. The number of amides is 1. The fourth-order valence-electron chi connectivity index (χ4n) is 2.38. The Balaban J connectivity index is 1.71. The quantitative estimate of drug-likeness (QED) is 0.686. The van der Waals surface area contributed by atoms with E-state index in [4.69, 9.17) is 4.74 Å². The molecule has 25 heavy (non-hydrogen) atoms. The topological polar surface area (TPSA) is 72.4 Å². The van der Waals surface area contributed by atoms with E-state index in [-0.39, 0.29) is 11.6 Å². The van der Waals surface area contributed by atoms with E-state index < -0.39 is 12.1 Å². The van der Waals surface area contributed by atoms with Crippen LogP contribution in [0.25, 0.3) is 11.0 Å². The second-order valence-electron chi connectivity index (χ2n) is 5.52. The molecule has 0 aliphatic carbocycles. The van der Waals surface area contributed by atoms with Crippen molar-refractivity contribution in [2.45, 2.75) is 13.0 Å². The van der Waals surface area contributed by atoms with Gasteiger partial charge in [0.25, 0.3) is 5.91 Å². The minimum absolute atomic E-state index is 0.0701. The Morgan fingerprint density at radius 2 is 1.64 bits per heavy atom. The standard InChI is InChI=1S/C19H17N3O3/c1-13(18(23)22(2)14-8-4-3-5-9-14)25-19(24)17-12-20-15-10-6-7-11-16(15)21-17/h3-13H,1-2H3/t13-/m0/s1. The van der Waals surface area contributed by atoms with Gasteiger partial charge in [-0.3, -0.25) is 9.78 Å². The van der Waals surface area contributed by atoms with Gasteiger partial charge >= 0.3 is 5.97 Å². The van der Waals surface area contributed by atoms with E-state index in [1.54, 1.807) is 31.3 Å². The Kier molecular flexibility index (Phi) is 4.70. The highest BCUT2D eigenvalue weighted by Gasteiger charge is 2.23. The van der Waals surface area contributed by atoms with Crippen molar-refractivity contribution in [2.24, 2.45) is 0 Å². The van der Waals surface area contributed by atoms with Crippen LogP contribution in [0.3, 0.4) is 0 Å². The first-order valence-electron chi connectivity index (χ1n) is 7.81. The minimum Gasteiger partial charge on any atom is -0.448 e. The summed E-state index contributed by atoms with van der Waals surface area (Å²) in [6, 6.07) is 16.4. The number of esters is 1. The van der Waals surface area contributed by atoms with Crippen LogP contribution in [0.2, 0.25) is 0 Å². The van der Waals surface area contributed by atoms with E-state index >= 15 is 0 Å². The van der Waals surface area contributed by atoms with Gasteiger partial charge in [-0.1, -0.05) is 30.3 Å². The molecular weight excluding hydrogens is 318 g/mol. The normalized spacial score (nSPS) is 11.8. The summed E-state index contributed by atoms with van der Waals surface area (Å²) < 4.78 is 5.26. The number of para-hydroxylation sites is 3. The van der Waals surface area contributed by atoms with Crippen molar-refractivity contribution in [3.8, 4) is 0 Å². The van der Waals surface area contributed by atoms with Crippen LogP contribution in [0.15, 0.2) is 60.8 Å². The minimum atomic E-state index is -0.939. The molecule has 1 aromatic heterocycles. The van der Waals surface area contributed by atoms with Crippen molar-refractivity contribution in [3.05, 3.63) is 66.5 Å². The largest absolute Gasteiger partial charge is 0.448 e. The van der Waals surface area contributed by atoms with Gasteiger partial charge in [0, 0.05) is 12.7 Å². The van der Waals surface area contributed by atoms with Crippen LogP contribution >= 0.6 is 0 Å². The zero-order valence-electron chi connectivity index (χ0n) is 13.9. The van der Waals surface area contributed by atoms with Crippen LogP contribution in [0.4, 0.5) is 5.69 Å². The van der Waals surface area contributed by atoms with Gasteiger partial charge in [-0.2, -0.15) is 0 Å². The summed E-state index contributed by atoms with van der Waals surface area (Å²) in [6.45, 7) is 1.54. The SMILES string of the molecule is C[C@H](OC(=O)c1cnc2ccccc2n1)C(=O)N(C)c1ccccc1. The molecule has 0 fully saturated rings. The lowest BCUT2D eigenvalue weighted by molar-refractivity contribution is -0.126. The fraction of sp³-hybridized carbons (Fsp3) is 0.158.